The van der Waals surface area contributed by atoms with E-state index in [1.807, 2.05) is 35.9 Å². The van der Waals surface area contributed by atoms with E-state index in [2.05, 4.69) is 15.3 Å². The Morgan fingerprint density at radius 2 is 2.04 bits per heavy atom. The fourth-order valence-electron chi connectivity index (χ4n) is 2.57. The molecule has 0 aliphatic carbocycles. The van der Waals surface area contributed by atoms with E-state index in [0.29, 0.717) is 31.6 Å². The summed E-state index contributed by atoms with van der Waals surface area (Å²) in [5.74, 6) is 0.477. The second-order valence-corrected chi connectivity index (χ2v) is 7.47. The van der Waals surface area contributed by atoms with Gasteiger partial charge in [0.1, 0.15) is 5.82 Å². The van der Waals surface area contributed by atoms with Crippen LogP contribution in [0.4, 0.5) is 5.69 Å². The lowest BCUT2D eigenvalue weighted by atomic mass is 10.3. The van der Waals surface area contributed by atoms with Gasteiger partial charge in [0.15, 0.2) is 5.17 Å². The number of amides is 1. The van der Waals surface area contributed by atoms with E-state index in [-0.39, 0.29) is 5.91 Å². The van der Waals surface area contributed by atoms with E-state index in [1.165, 1.54) is 11.8 Å². The molecule has 1 fully saturated rings. The minimum Gasteiger partial charge on any atom is -0.328 e. The minimum atomic E-state index is -0.223. The lowest BCUT2D eigenvalue weighted by Gasteiger charge is -2.00. The highest BCUT2D eigenvalue weighted by atomic mass is 35.5. The number of amidine groups is 1. The zero-order chi connectivity index (χ0) is 18.3. The topological polar surface area (TPSA) is 59.3 Å². The van der Waals surface area contributed by atoms with Crippen LogP contribution in [0.1, 0.15) is 5.82 Å². The van der Waals surface area contributed by atoms with Gasteiger partial charge in [-0.2, -0.15) is 0 Å². The fourth-order valence-corrected chi connectivity index (χ4v) is 3.70. The summed E-state index contributed by atoms with van der Waals surface area (Å²) >= 11 is 13.3. The van der Waals surface area contributed by atoms with Gasteiger partial charge in [0.05, 0.1) is 26.6 Å². The van der Waals surface area contributed by atoms with Crippen molar-refractivity contribution in [3.8, 4) is 0 Å². The number of thioether (sulfide) groups is 1. The molecule has 1 amide bonds. The first-order chi connectivity index (χ1) is 12.5. The summed E-state index contributed by atoms with van der Waals surface area (Å²) in [6, 6.07) is 12.8. The molecule has 2 heterocycles. The number of halogens is 2. The normalized spacial score (nSPS) is 17.4. The van der Waals surface area contributed by atoms with Crippen molar-refractivity contribution >= 4 is 68.8 Å². The van der Waals surface area contributed by atoms with Crippen molar-refractivity contribution in [2.45, 2.75) is 0 Å². The first-order valence-electron chi connectivity index (χ1n) is 7.67. The Kier molecular flexibility index (Phi) is 4.48. The Balaban J connectivity index is 1.67. The van der Waals surface area contributed by atoms with Crippen LogP contribution in [0, 0.1) is 0 Å². The maximum absolute atomic E-state index is 12.3. The molecule has 0 bridgehead atoms. The first-order valence-corrected chi connectivity index (χ1v) is 9.24. The van der Waals surface area contributed by atoms with Crippen LogP contribution < -0.4 is 5.32 Å². The molecule has 130 valence electrons. The lowest BCUT2D eigenvalue weighted by molar-refractivity contribution is -0.115. The fraction of sp³-hybridized carbons (Fsp3) is 0.0556. The molecule has 1 aliphatic heterocycles. The van der Waals surface area contributed by atoms with Gasteiger partial charge in [0.2, 0.25) is 0 Å². The van der Waals surface area contributed by atoms with Gasteiger partial charge in [0.25, 0.3) is 5.91 Å². The van der Waals surface area contributed by atoms with E-state index in [9.17, 15) is 4.79 Å². The maximum atomic E-state index is 12.3. The number of para-hydroxylation sites is 2. The summed E-state index contributed by atoms with van der Waals surface area (Å²) in [4.78, 5) is 21.7. The van der Waals surface area contributed by atoms with Crippen LogP contribution in [0.5, 0.6) is 0 Å². The molecule has 0 radical (unpaired) electrons. The largest absolute Gasteiger partial charge is 0.328 e. The summed E-state index contributed by atoms with van der Waals surface area (Å²) < 4.78 is 1.94. The van der Waals surface area contributed by atoms with Gasteiger partial charge in [-0.05, 0) is 42.1 Å². The zero-order valence-corrected chi connectivity index (χ0v) is 15.9. The Morgan fingerprint density at radius 1 is 1.23 bits per heavy atom. The molecule has 3 aromatic rings. The van der Waals surface area contributed by atoms with Gasteiger partial charge in [-0.3, -0.25) is 4.79 Å². The number of nitrogens with zero attached hydrogens (tertiary/aromatic N) is 3. The third-order valence-electron chi connectivity index (χ3n) is 3.86. The van der Waals surface area contributed by atoms with E-state index < -0.39 is 0 Å². The van der Waals surface area contributed by atoms with Crippen LogP contribution in [0.2, 0.25) is 10.0 Å². The molecule has 8 heteroatoms. The monoisotopic (exact) mass is 402 g/mol. The number of aliphatic imine (C=N–C) groups is 1. The average Bonchev–Trinajstić information content (AvgIpc) is 3.12. The smallest absolute Gasteiger partial charge is 0.264 e. The van der Waals surface area contributed by atoms with Crippen molar-refractivity contribution in [2.75, 3.05) is 0 Å². The van der Waals surface area contributed by atoms with Gasteiger partial charge < -0.3 is 9.88 Å². The summed E-state index contributed by atoms with van der Waals surface area (Å²) in [6.45, 7) is 0. The number of carbonyl (C=O) groups excluding carboxylic acids is 1. The molecule has 1 aliphatic rings. The molecule has 5 nitrogen and oxygen atoms in total. The van der Waals surface area contributed by atoms with Gasteiger partial charge >= 0.3 is 0 Å². The molecule has 4 rings (SSSR count). The van der Waals surface area contributed by atoms with Crippen molar-refractivity contribution in [3.05, 3.63) is 63.2 Å². The molecule has 0 atom stereocenters. The highest BCUT2D eigenvalue weighted by Crippen LogP contribution is 2.32. The SMILES string of the molecule is Cn1c(/C=C2/SC(=Nc3cc(Cl)ccc3Cl)NC2=O)nc2ccccc21. The lowest BCUT2D eigenvalue weighted by Crippen LogP contribution is -2.19. The molecule has 1 aromatic heterocycles. The van der Waals surface area contributed by atoms with E-state index in [4.69, 9.17) is 23.2 Å². The molecule has 26 heavy (non-hydrogen) atoms. The van der Waals surface area contributed by atoms with E-state index in [1.54, 1.807) is 24.3 Å². The van der Waals surface area contributed by atoms with Gasteiger partial charge in [-0.15, -0.1) is 0 Å². The number of nitrogens with one attached hydrogen (secondary N) is 1. The van der Waals surface area contributed by atoms with Crippen LogP contribution in [0.3, 0.4) is 0 Å². The highest BCUT2D eigenvalue weighted by Gasteiger charge is 2.25. The third-order valence-corrected chi connectivity index (χ3v) is 5.33. The van der Waals surface area contributed by atoms with E-state index >= 15 is 0 Å². The molecule has 0 unspecified atom stereocenters. The number of rotatable bonds is 2. The third kappa shape index (κ3) is 3.23. The standard InChI is InChI=1S/C18H12Cl2N4OS/c1-24-14-5-3-2-4-12(14)21-16(24)9-15-17(25)23-18(26-15)22-13-8-10(19)6-7-11(13)20/h2-9H,1H3,(H,22,23,25)/b15-9+. The van der Waals surface area contributed by atoms with Crippen molar-refractivity contribution in [2.24, 2.45) is 12.0 Å². The molecule has 1 N–H and O–H groups in total. The first kappa shape index (κ1) is 17.1. The minimum absolute atomic E-state index is 0.223. The van der Waals surface area contributed by atoms with Crippen molar-refractivity contribution in [1.29, 1.82) is 0 Å². The second kappa shape index (κ2) is 6.79. The zero-order valence-electron chi connectivity index (χ0n) is 13.5. The molecular weight excluding hydrogens is 391 g/mol. The van der Waals surface area contributed by atoms with Crippen LogP contribution in [0.15, 0.2) is 52.4 Å². The summed E-state index contributed by atoms with van der Waals surface area (Å²) in [7, 11) is 1.92. The summed E-state index contributed by atoms with van der Waals surface area (Å²) in [5.41, 5.74) is 2.39. The van der Waals surface area contributed by atoms with Crippen LogP contribution in [0.25, 0.3) is 17.1 Å². The highest BCUT2D eigenvalue weighted by molar-refractivity contribution is 8.18. The number of hydrogen-bond acceptors (Lipinski definition) is 4. The number of carbonyl (C=O) groups is 1. The van der Waals surface area contributed by atoms with Crippen molar-refractivity contribution < 1.29 is 4.79 Å². The van der Waals surface area contributed by atoms with Crippen molar-refractivity contribution in [3.63, 3.8) is 0 Å². The number of hydrogen-bond donors (Lipinski definition) is 1. The Hall–Kier alpha value is -2.28. The summed E-state index contributed by atoms with van der Waals surface area (Å²) in [6.07, 6.45) is 1.75. The summed E-state index contributed by atoms with van der Waals surface area (Å²) in [5, 5.41) is 4.18. The quantitative estimate of drug-likeness (QED) is 0.627. The van der Waals surface area contributed by atoms with Gasteiger partial charge in [-0.1, -0.05) is 35.3 Å². The molecule has 0 saturated carbocycles. The van der Waals surface area contributed by atoms with Crippen LogP contribution in [-0.2, 0) is 11.8 Å². The second-order valence-electron chi connectivity index (χ2n) is 5.60. The van der Waals surface area contributed by atoms with Gasteiger partial charge in [0, 0.05) is 18.1 Å². The Bertz CT molecular complexity index is 1100. The predicted octanol–water partition coefficient (Wildman–Crippen LogP) is 4.77. The van der Waals surface area contributed by atoms with Gasteiger partial charge in [-0.25, -0.2) is 9.98 Å². The Labute approximate surface area is 163 Å². The molecular formula is C18H12Cl2N4OS. The molecule has 0 spiro atoms. The van der Waals surface area contributed by atoms with Crippen LogP contribution in [-0.4, -0.2) is 20.6 Å². The number of aryl methyl sites for hydroxylation is 1. The average molecular weight is 403 g/mol. The molecule has 2 aromatic carbocycles. The number of fused-ring (bicyclic) bond motifs is 1. The maximum Gasteiger partial charge on any atom is 0.264 e. The predicted molar refractivity (Wildman–Crippen MR) is 108 cm³/mol. The Morgan fingerprint density at radius 3 is 2.85 bits per heavy atom. The number of aromatic nitrogens is 2. The number of imidazole rings is 1. The number of benzene rings is 2. The van der Waals surface area contributed by atoms with E-state index in [0.717, 1.165) is 11.0 Å². The molecule has 1 saturated heterocycles. The van der Waals surface area contributed by atoms with Crippen LogP contribution >= 0.6 is 35.0 Å². The van der Waals surface area contributed by atoms with Crippen molar-refractivity contribution in [1.82, 2.24) is 14.9 Å².